The second-order valence-corrected chi connectivity index (χ2v) is 4.39. The van der Waals surface area contributed by atoms with Crippen LogP contribution in [0.1, 0.15) is 5.82 Å². The van der Waals surface area contributed by atoms with Crippen LogP contribution in [0.3, 0.4) is 0 Å². The van der Waals surface area contributed by atoms with Gasteiger partial charge in [-0.25, -0.2) is 0 Å². The molecule has 0 aliphatic rings. The van der Waals surface area contributed by atoms with Gasteiger partial charge < -0.3 is 4.74 Å². The first-order valence-corrected chi connectivity index (χ1v) is 6.44. The van der Waals surface area contributed by atoms with E-state index in [1.54, 1.807) is 16.8 Å². The summed E-state index contributed by atoms with van der Waals surface area (Å²) in [7, 11) is 0. The van der Waals surface area contributed by atoms with Crippen molar-refractivity contribution in [1.82, 2.24) is 20.2 Å². The summed E-state index contributed by atoms with van der Waals surface area (Å²) in [5.41, 5.74) is 0.783. The van der Waals surface area contributed by atoms with Gasteiger partial charge in [0.05, 0.1) is 16.7 Å². The van der Waals surface area contributed by atoms with E-state index >= 15 is 0 Å². The molecular formula is C14H11N5O3. The van der Waals surface area contributed by atoms with Gasteiger partial charge in [-0.1, -0.05) is 24.3 Å². The highest BCUT2D eigenvalue weighted by molar-refractivity contribution is 5.38. The normalized spacial score (nSPS) is 10.4. The van der Waals surface area contributed by atoms with E-state index in [9.17, 15) is 10.1 Å². The van der Waals surface area contributed by atoms with Crippen LogP contribution in [0.15, 0.2) is 54.6 Å². The number of rotatable bonds is 5. The predicted molar refractivity (Wildman–Crippen MR) is 76.6 cm³/mol. The van der Waals surface area contributed by atoms with Gasteiger partial charge in [-0.2, -0.15) is 4.68 Å². The van der Waals surface area contributed by atoms with E-state index in [1.807, 2.05) is 30.3 Å². The van der Waals surface area contributed by atoms with Gasteiger partial charge in [0.15, 0.2) is 5.82 Å². The Morgan fingerprint density at radius 1 is 1.14 bits per heavy atom. The molecule has 22 heavy (non-hydrogen) atoms. The molecule has 0 saturated carbocycles. The maximum absolute atomic E-state index is 10.7. The maximum Gasteiger partial charge on any atom is 0.273 e. The van der Waals surface area contributed by atoms with Gasteiger partial charge in [-0.05, 0) is 28.6 Å². The number of para-hydroxylation sites is 1. The van der Waals surface area contributed by atoms with Crippen LogP contribution in [0.4, 0.5) is 5.69 Å². The van der Waals surface area contributed by atoms with Crippen molar-refractivity contribution in [2.24, 2.45) is 0 Å². The SMILES string of the molecule is O=[N+]([O-])c1cccc(OCc2nnnn2-c2ccccc2)c1. The summed E-state index contributed by atoms with van der Waals surface area (Å²) in [5, 5.41) is 22.2. The lowest BCUT2D eigenvalue weighted by Gasteiger charge is -2.06. The van der Waals surface area contributed by atoms with E-state index < -0.39 is 4.92 Å². The number of aromatic nitrogens is 4. The fourth-order valence-electron chi connectivity index (χ4n) is 1.90. The molecule has 0 bridgehead atoms. The molecule has 110 valence electrons. The topological polar surface area (TPSA) is 96.0 Å². The van der Waals surface area contributed by atoms with Gasteiger partial charge in [0.25, 0.3) is 5.69 Å². The van der Waals surface area contributed by atoms with Crippen molar-refractivity contribution in [3.8, 4) is 11.4 Å². The van der Waals surface area contributed by atoms with Crippen LogP contribution < -0.4 is 4.74 Å². The molecule has 3 rings (SSSR count). The second kappa shape index (κ2) is 6.00. The van der Waals surface area contributed by atoms with Gasteiger partial charge in [-0.15, -0.1) is 5.10 Å². The summed E-state index contributed by atoms with van der Waals surface area (Å²) in [6.07, 6.45) is 0. The van der Waals surface area contributed by atoms with E-state index in [1.165, 1.54) is 12.1 Å². The molecule has 0 unspecified atom stereocenters. The smallest absolute Gasteiger partial charge is 0.273 e. The molecule has 0 aliphatic carbocycles. The molecule has 1 heterocycles. The summed E-state index contributed by atoms with van der Waals surface area (Å²) < 4.78 is 7.09. The van der Waals surface area contributed by atoms with E-state index in [4.69, 9.17) is 4.74 Å². The van der Waals surface area contributed by atoms with Crippen molar-refractivity contribution < 1.29 is 9.66 Å². The lowest BCUT2D eigenvalue weighted by atomic mass is 10.3. The van der Waals surface area contributed by atoms with Gasteiger partial charge in [0, 0.05) is 6.07 Å². The minimum Gasteiger partial charge on any atom is -0.485 e. The third-order valence-corrected chi connectivity index (χ3v) is 2.93. The first-order chi connectivity index (χ1) is 10.7. The Kier molecular flexibility index (Phi) is 3.73. The van der Waals surface area contributed by atoms with E-state index in [0.717, 1.165) is 5.69 Å². The van der Waals surface area contributed by atoms with E-state index in [0.29, 0.717) is 11.6 Å². The van der Waals surface area contributed by atoms with Crippen LogP contribution in [0, 0.1) is 10.1 Å². The van der Waals surface area contributed by atoms with Crippen LogP contribution in [-0.4, -0.2) is 25.1 Å². The first-order valence-electron chi connectivity index (χ1n) is 6.44. The highest BCUT2D eigenvalue weighted by Gasteiger charge is 2.10. The third-order valence-electron chi connectivity index (χ3n) is 2.93. The quantitative estimate of drug-likeness (QED) is 0.529. The highest BCUT2D eigenvalue weighted by Crippen LogP contribution is 2.20. The fourth-order valence-corrected chi connectivity index (χ4v) is 1.90. The molecule has 0 radical (unpaired) electrons. The van der Waals surface area contributed by atoms with Crippen LogP contribution in [0.5, 0.6) is 5.75 Å². The van der Waals surface area contributed by atoms with Gasteiger partial charge in [0.1, 0.15) is 12.4 Å². The average Bonchev–Trinajstić information content (AvgIpc) is 3.02. The Morgan fingerprint density at radius 3 is 2.73 bits per heavy atom. The molecule has 0 N–H and O–H groups in total. The van der Waals surface area contributed by atoms with Crippen LogP contribution >= 0.6 is 0 Å². The van der Waals surface area contributed by atoms with E-state index in [2.05, 4.69) is 15.5 Å². The first kappa shape index (κ1) is 13.7. The molecule has 0 amide bonds. The van der Waals surface area contributed by atoms with Crippen molar-refractivity contribution in [3.05, 3.63) is 70.5 Å². The Balaban J connectivity index is 1.77. The molecule has 2 aromatic carbocycles. The largest absolute Gasteiger partial charge is 0.485 e. The predicted octanol–water partition coefficient (Wildman–Crippen LogP) is 2.15. The van der Waals surface area contributed by atoms with Gasteiger partial charge in [0.2, 0.25) is 0 Å². The number of hydrogen-bond donors (Lipinski definition) is 0. The second-order valence-electron chi connectivity index (χ2n) is 4.39. The van der Waals surface area contributed by atoms with Gasteiger partial charge >= 0.3 is 0 Å². The molecule has 8 heteroatoms. The molecule has 1 aromatic heterocycles. The minimum atomic E-state index is -0.471. The lowest BCUT2D eigenvalue weighted by molar-refractivity contribution is -0.384. The fraction of sp³-hybridized carbons (Fsp3) is 0.0714. The standard InChI is InChI=1S/C14H11N5O3/c20-19(21)12-7-4-8-13(9-12)22-10-14-15-16-17-18(14)11-5-2-1-3-6-11/h1-9H,10H2. The van der Waals surface area contributed by atoms with Crippen molar-refractivity contribution in [2.75, 3.05) is 0 Å². The summed E-state index contributed by atoms with van der Waals surface area (Å²) in [4.78, 5) is 10.3. The molecule has 0 saturated heterocycles. The number of nitrogens with zero attached hydrogens (tertiary/aromatic N) is 5. The maximum atomic E-state index is 10.7. The molecule has 0 spiro atoms. The summed E-state index contributed by atoms with van der Waals surface area (Å²) in [6, 6.07) is 15.4. The molecule has 3 aromatic rings. The van der Waals surface area contributed by atoms with E-state index in [-0.39, 0.29) is 12.3 Å². The molecular weight excluding hydrogens is 286 g/mol. The number of tetrazole rings is 1. The Labute approximate surface area is 125 Å². The highest BCUT2D eigenvalue weighted by atomic mass is 16.6. The third kappa shape index (κ3) is 2.90. The lowest BCUT2D eigenvalue weighted by Crippen LogP contribution is -2.06. The van der Waals surface area contributed by atoms with Crippen molar-refractivity contribution >= 4 is 5.69 Å². The Bertz CT molecular complexity index is 788. The Hall–Kier alpha value is -3.29. The number of hydrogen-bond acceptors (Lipinski definition) is 6. The number of nitro benzene ring substituents is 1. The van der Waals surface area contributed by atoms with Crippen LogP contribution in [0.2, 0.25) is 0 Å². The number of ether oxygens (including phenoxy) is 1. The zero-order valence-electron chi connectivity index (χ0n) is 11.4. The summed E-state index contributed by atoms with van der Waals surface area (Å²) in [6.45, 7) is 0.100. The van der Waals surface area contributed by atoms with Crippen molar-refractivity contribution in [3.63, 3.8) is 0 Å². The summed E-state index contributed by atoms with van der Waals surface area (Å²) >= 11 is 0. The molecule has 0 atom stereocenters. The average molecular weight is 297 g/mol. The summed E-state index contributed by atoms with van der Waals surface area (Å²) in [5.74, 6) is 0.884. The molecule has 0 aliphatic heterocycles. The number of nitro groups is 1. The molecule has 0 fully saturated rings. The van der Waals surface area contributed by atoms with Crippen molar-refractivity contribution in [2.45, 2.75) is 6.61 Å². The van der Waals surface area contributed by atoms with Crippen LogP contribution in [0.25, 0.3) is 5.69 Å². The number of benzene rings is 2. The monoisotopic (exact) mass is 297 g/mol. The zero-order chi connectivity index (χ0) is 15.4. The number of non-ortho nitro benzene ring substituents is 1. The molecule has 8 nitrogen and oxygen atoms in total. The minimum absolute atomic E-state index is 0.0276. The zero-order valence-corrected chi connectivity index (χ0v) is 11.4. The van der Waals surface area contributed by atoms with Crippen molar-refractivity contribution in [1.29, 1.82) is 0 Å². The van der Waals surface area contributed by atoms with Crippen LogP contribution in [-0.2, 0) is 6.61 Å². The Morgan fingerprint density at radius 2 is 1.95 bits per heavy atom. The van der Waals surface area contributed by atoms with Gasteiger partial charge in [-0.3, -0.25) is 10.1 Å².